The maximum atomic E-state index is 14.6. The van der Waals surface area contributed by atoms with Gasteiger partial charge < -0.3 is 36.2 Å². The lowest BCUT2D eigenvalue weighted by Gasteiger charge is -2.60. The van der Waals surface area contributed by atoms with Gasteiger partial charge in [0, 0.05) is 24.9 Å². The number of fused-ring (bicyclic) bond motifs is 3. The van der Waals surface area contributed by atoms with Crippen molar-refractivity contribution in [2.45, 2.75) is 75.8 Å². The molecule has 1 aliphatic heterocycles. The number of phenols is 1. The number of aliphatic imine (C=N–C) groups is 1. The molecule has 13 nitrogen and oxygen atoms in total. The number of aliphatic hydroxyl groups excluding tert-OH is 2. The summed E-state index contributed by atoms with van der Waals surface area (Å²) in [6.45, 7) is 7.00. The maximum absolute atomic E-state index is 14.6. The van der Waals surface area contributed by atoms with Gasteiger partial charge in [-0.15, -0.1) is 0 Å². The number of nitrogens with one attached hydrogen (secondary N) is 1. The van der Waals surface area contributed by atoms with E-state index in [2.05, 4.69) is 10.3 Å². The number of aliphatic hydroxyl groups is 3. The second-order valence-electron chi connectivity index (χ2n) is 14.5. The van der Waals surface area contributed by atoms with Crippen LogP contribution in [0.3, 0.4) is 0 Å². The summed E-state index contributed by atoms with van der Waals surface area (Å²) in [5, 5.41) is 50.3. The average Bonchev–Trinajstić information content (AvgIpc) is 2.89. The van der Waals surface area contributed by atoms with E-state index in [0.29, 0.717) is 30.5 Å². The number of rotatable bonds is 7. The first-order chi connectivity index (χ1) is 21.5. The smallest absolute Gasteiger partial charge is 0.309 e. The van der Waals surface area contributed by atoms with Crippen LogP contribution >= 0.6 is 0 Å². The molecule has 0 radical (unpaired) electrons. The minimum atomic E-state index is -3.03. The lowest BCUT2D eigenvalue weighted by atomic mass is 9.49. The fourth-order valence-corrected chi connectivity index (χ4v) is 7.65. The zero-order valence-electron chi connectivity index (χ0n) is 26.5. The fraction of sp³-hybridized carbons (Fsp3) is 0.545. The quantitative estimate of drug-likeness (QED) is 0.185. The Bertz CT molecular complexity index is 1670. The number of carbonyl (C=O) groups is 4. The third-order valence-electron chi connectivity index (χ3n) is 10.1. The van der Waals surface area contributed by atoms with E-state index in [9.17, 15) is 39.6 Å². The van der Waals surface area contributed by atoms with Crippen molar-refractivity contribution in [1.29, 1.82) is 0 Å². The van der Waals surface area contributed by atoms with Gasteiger partial charge in [-0.1, -0.05) is 39.3 Å². The van der Waals surface area contributed by atoms with Gasteiger partial charge in [-0.05, 0) is 37.9 Å². The molecule has 0 unspecified atom stereocenters. The Labute approximate surface area is 265 Å². The van der Waals surface area contributed by atoms with Crippen LogP contribution in [0.4, 0.5) is 0 Å². The van der Waals surface area contributed by atoms with Crippen LogP contribution in [0.25, 0.3) is 5.76 Å². The van der Waals surface area contributed by atoms with Gasteiger partial charge in [-0.25, -0.2) is 0 Å². The van der Waals surface area contributed by atoms with Gasteiger partial charge in [-0.3, -0.25) is 29.1 Å². The SMILES string of the molecule is CN(C)[C@@H]1C(=O)C(C(N)=O)=C(O)[C@@]2(O)C(=O)C3=C(O)c4c(ccc(CNCC(C)(C)C)c4O)[C@@H]4C=N[C@]34[C@H](OC(=O)C3CCC3)[C@@H]12. The molecule has 246 valence electrons. The molecule has 6 rings (SSSR count). The molecule has 0 saturated heterocycles. The average molecular weight is 637 g/mol. The zero-order chi connectivity index (χ0) is 33.7. The van der Waals surface area contributed by atoms with Gasteiger partial charge >= 0.3 is 5.97 Å². The summed E-state index contributed by atoms with van der Waals surface area (Å²) >= 11 is 0. The van der Waals surface area contributed by atoms with E-state index >= 15 is 0 Å². The topological polar surface area (TPSA) is 212 Å². The first-order valence-electron chi connectivity index (χ1n) is 15.4. The highest BCUT2D eigenvalue weighted by Crippen LogP contribution is 2.63. The number of amides is 1. The molecule has 4 aliphatic carbocycles. The number of primary amides is 1. The minimum absolute atomic E-state index is 0.0482. The van der Waals surface area contributed by atoms with Crippen LogP contribution in [0.1, 0.15) is 62.6 Å². The molecule has 2 fully saturated rings. The van der Waals surface area contributed by atoms with E-state index in [1.54, 1.807) is 12.1 Å². The third kappa shape index (κ3) is 4.21. The van der Waals surface area contributed by atoms with E-state index in [1.165, 1.54) is 25.2 Å². The van der Waals surface area contributed by atoms with Crippen molar-refractivity contribution in [3.63, 3.8) is 0 Å². The van der Waals surface area contributed by atoms with Gasteiger partial charge in [0.2, 0.25) is 5.78 Å². The molecule has 1 heterocycles. The van der Waals surface area contributed by atoms with Crippen molar-refractivity contribution < 1.29 is 44.3 Å². The number of benzene rings is 1. The molecule has 7 N–H and O–H groups in total. The second kappa shape index (κ2) is 10.5. The number of ketones is 2. The Balaban J connectivity index is 1.59. The van der Waals surface area contributed by atoms with Crippen LogP contribution in [0.15, 0.2) is 34.0 Å². The number of esters is 1. The Morgan fingerprint density at radius 1 is 1.15 bits per heavy atom. The molecule has 6 atom stereocenters. The summed E-state index contributed by atoms with van der Waals surface area (Å²) in [7, 11) is 2.95. The Morgan fingerprint density at radius 3 is 2.35 bits per heavy atom. The number of nitrogens with zero attached hydrogens (tertiary/aromatic N) is 2. The number of aromatic hydroxyl groups is 1. The fourth-order valence-electron chi connectivity index (χ4n) is 7.65. The largest absolute Gasteiger partial charge is 0.508 e. The highest BCUT2D eigenvalue weighted by atomic mass is 16.5. The Morgan fingerprint density at radius 2 is 1.83 bits per heavy atom. The van der Waals surface area contributed by atoms with E-state index in [4.69, 9.17) is 10.5 Å². The minimum Gasteiger partial charge on any atom is -0.508 e. The molecule has 5 aliphatic rings. The molecule has 13 heteroatoms. The summed E-state index contributed by atoms with van der Waals surface area (Å²) < 4.78 is 6.14. The normalized spacial score (nSPS) is 31.9. The number of ether oxygens (including phenoxy) is 1. The van der Waals surface area contributed by atoms with Crippen molar-refractivity contribution in [1.82, 2.24) is 10.2 Å². The molecule has 1 aromatic carbocycles. The standard InChI is InChI=1S/C33H40N4O9/c1-31(2,3)13-35-11-15-9-10-16-17-12-36-32(17)21(24(39)18(16)23(15)38)27(42)33(45)20(28(32)46-30(44)14-7-6-8-14)22(37(4)5)25(40)19(26(33)41)29(34)43/h9-10,12,14,17,20,22,28,35,38-39,41,45H,6-8,11,13H2,1-5H3,(H2,34,43)/t17-,20+,22-,28+,32-,33+/m0/s1. The summed E-state index contributed by atoms with van der Waals surface area (Å²) in [6, 6.07) is 1.92. The molecule has 46 heavy (non-hydrogen) atoms. The summed E-state index contributed by atoms with van der Waals surface area (Å²) in [4.78, 5) is 60.3. The highest BCUT2D eigenvalue weighted by Gasteiger charge is 2.76. The van der Waals surface area contributed by atoms with E-state index in [1.807, 2.05) is 20.8 Å². The first kappa shape index (κ1) is 31.9. The van der Waals surface area contributed by atoms with Crippen molar-refractivity contribution >= 4 is 35.4 Å². The molecule has 0 bridgehead atoms. The number of likely N-dealkylation sites (N-methyl/N-ethyl adjacent to an activating group) is 1. The molecule has 1 amide bonds. The molecular formula is C33H40N4O9. The van der Waals surface area contributed by atoms with Crippen LogP contribution in [-0.4, -0.2) is 98.9 Å². The zero-order valence-corrected chi connectivity index (χ0v) is 26.5. The molecule has 1 aromatic rings. The summed E-state index contributed by atoms with van der Waals surface area (Å²) in [5.41, 5.74) is -0.108. The van der Waals surface area contributed by atoms with Crippen LogP contribution in [0.5, 0.6) is 5.75 Å². The number of Topliss-reactive ketones (excluding diaryl/α,β-unsaturated/α-hetero) is 2. The maximum Gasteiger partial charge on any atom is 0.309 e. The lowest BCUT2D eigenvalue weighted by Crippen LogP contribution is -2.77. The first-order valence-corrected chi connectivity index (χ1v) is 15.4. The van der Waals surface area contributed by atoms with Gasteiger partial charge in [0.15, 0.2) is 11.4 Å². The lowest BCUT2D eigenvalue weighted by molar-refractivity contribution is -0.191. The summed E-state index contributed by atoms with van der Waals surface area (Å²) in [6.07, 6.45) is 1.86. The van der Waals surface area contributed by atoms with Crippen molar-refractivity contribution in [3.8, 4) is 5.75 Å². The van der Waals surface area contributed by atoms with Crippen molar-refractivity contribution in [3.05, 3.63) is 45.7 Å². The van der Waals surface area contributed by atoms with Crippen LogP contribution in [0, 0.1) is 17.3 Å². The number of carbonyl (C=O) groups excluding carboxylic acids is 4. The number of hydrogen-bond acceptors (Lipinski definition) is 12. The van der Waals surface area contributed by atoms with Gasteiger partial charge in [0.1, 0.15) is 34.5 Å². The van der Waals surface area contributed by atoms with Crippen molar-refractivity contribution in [2.75, 3.05) is 20.6 Å². The Hall–Kier alpha value is -4.07. The van der Waals surface area contributed by atoms with Gasteiger partial charge in [-0.2, -0.15) is 0 Å². The predicted molar refractivity (Wildman–Crippen MR) is 165 cm³/mol. The molecular weight excluding hydrogens is 596 g/mol. The third-order valence-corrected chi connectivity index (χ3v) is 10.1. The highest BCUT2D eigenvalue weighted by molar-refractivity contribution is 6.25. The molecule has 1 spiro atoms. The van der Waals surface area contributed by atoms with Gasteiger partial charge in [0.05, 0.1) is 34.9 Å². The molecule has 2 saturated carbocycles. The summed E-state index contributed by atoms with van der Waals surface area (Å²) in [5.74, 6) is -9.45. The predicted octanol–water partition coefficient (Wildman–Crippen LogP) is 1.17. The van der Waals surface area contributed by atoms with E-state index in [0.717, 1.165) is 6.42 Å². The van der Waals surface area contributed by atoms with E-state index < -0.39 is 87.1 Å². The van der Waals surface area contributed by atoms with Crippen LogP contribution in [-0.2, 0) is 30.5 Å². The number of nitrogens with two attached hydrogens (primary N) is 1. The number of phenolic OH excluding ortho intramolecular Hbond substituents is 1. The van der Waals surface area contributed by atoms with Crippen LogP contribution < -0.4 is 11.1 Å². The second-order valence-corrected chi connectivity index (χ2v) is 14.5. The monoisotopic (exact) mass is 636 g/mol. The number of hydrogen-bond donors (Lipinski definition) is 6. The van der Waals surface area contributed by atoms with E-state index in [-0.39, 0.29) is 23.3 Å². The van der Waals surface area contributed by atoms with Crippen molar-refractivity contribution in [2.24, 2.45) is 28.0 Å². The van der Waals surface area contributed by atoms with Crippen LogP contribution in [0.2, 0.25) is 0 Å². The Kier molecular flexibility index (Phi) is 7.26. The molecule has 0 aromatic heterocycles. The van der Waals surface area contributed by atoms with Gasteiger partial charge in [0.25, 0.3) is 5.91 Å².